The normalized spacial score (nSPS) is 12.1. The van der Waals surface area contributed by atoms with Crippen LogP contribution in [0.25, 0.3) is 120 Å². The molecule has 2 aromatic heterocycles. The van der Waals surface area contributed by atoms with Gasteiger partial charge >= 0.3 is 0 Å². The van der Waals surface area contributed by atoms with Crippen LogP contribution in [0.15, 0.2) is 191 Å². The van der Waals surface area contributed by atoms with Crippen LogP contribution in [0, 0.1) is 0 Å². The van der Waals surface area contributed by atoms with E-state index in [9.17, 15) is 0 Å². The third kappa shape index (κ3) is 4.22. The lowest BCUT2D eigenvalue weighted by atomic mass is 9.84. The third-order valence-electron chi connectivity index (χ3n) is 11.4. The molecule has 0 N–H and O–H groups in total. The minimum atomic E-state index is 0.846. The number of rotatable bonds is 3. The van der Waals surface area contributed by atoms with Gasteiger partial charge in [-0.2, -0.15) is 0 Å². The second-order valence-electron chi connectivity index (χ2n) is 14.4. The number of hydrogen-bond donors (Lipinski definition) is 0. The molecule has 0 bridgehead atoms. The van der Waals surface area contributed by atoms with Crippen LogP contribution in [0.1, 0.15) is 0 Å². The highest BCUT2D eigenvalue weighted by Crippen LogP contribution is 2.50. The Morgan fingerprint density at radius 2 is 0.630 bits per heavy atom. The molecule has 2 heterocycles. The number of furan rings is 2. The van der Waals surface area contributed by atoms with Gasteiger partial charge in [-0.1, -0.05) is 146 Å². The summed E-state index contributed by atoms with van der Waals surface area (Å²) in [5.74, 6) is 0. The molecule has 2 nitrogen and oxygen atoms in total. The van der Waals surface area contributed by atoms with Gasteiger partial charge in [-0.3, -0.25) is 0 Å². The van der Waals surface area contributed by atoms with Crippen molar-refractivity contribution in [3.8, 4) is 33.4 Å². The van der Waals surface area contributed by atoms with Crippen molar-refractivity contribution in [3.63, 3.8) is 0 Å². The standard InChI is InChI=1S/C52H30O2/c1-2-12-32-27-33(22-21-31(32)11-1)34-23-24-36-29-37(26-25-35(36)28-34)48-40-15-3-5-17-42(40)49(43-18-6-4-16-41(43)48)50-51-44(38-13-7-9-19-46(38)53-51)30-45-39-14-8-10-20-47(39)54-52(45)50/h1-30H. The lowest BCUT2D eigenvalue weighted by molar-refractivity contribution is 0.658. The highest BCUT2D eigenvalue weighted by Gasteiger charge is 2.25. The topological polar surface area (TPSA) is 26.3 Å². The van der Waals surface area contributed by atoms with Crippen LogP contribution in [0.4, 0.5) is 0 Å². The summed E-state index contributed by atoms with van der Waals surface area (Å²) in [6.45, 7) is 0. The largest absolute Gasteiger partial charge is 0.455 e. The van der Waals surface area contributed by atoms with Crippen LogP contribution in [0.2, 0.25) is 0 Å². The van der Waals surface area contributed by atoms with E-state index in [2.05, 4.69) is 170 Å². The van der Waals surface area contributed by atoms with Gasteiger partial charge in [0.1, 0.15) is 22.3 Å². The summed E-state index contributed by atoms with van der Waals surface area (Å²) in [6, 6.07) is 65.6. The molecule has 0 saturated heterocycles. The molecule has 0 spiro atoms. The van der Waals surface area contributed by atoms with E-state index in [0.29, 0.717) is 0 Å². The number of hydrogen-bond acceptors (Lipinski definition) is 2. The molecule has 250 valence electrons. The maximum atomic E-state index is 6.81. The molecule has 0 aliphatic rings. The molecule has 0 atom stereocenters. The molecular formula is C52H30O2. The van der Waals surface area contributed by atoms with Gasteiger partial charge in [-0.25, -0.2) is 0 Å². The summed E-state index contributed by atoms with van der Waals surface area (Å²) in [4.78, 5) is 0. The first-order valence-corrected chi connectivity index (χ1v) is 18.5. The van der Waals surface area contributed by atoms with Crippen molar-refractivity contribution in [2.75, 3.05) is 0 Å². The van der Waals surface area contributed by atoms with Crippen molar-refractivity contribution in [2.45, 2.75) is 0 Å². The average Bonchev–Trinajstić information content (AvgIpc) is 3.80. The van der Waals surface area contributed by atoms with Gasteiger partial charge in [-0.05, 0) is 102 Å². The number of fused-ring (bicyclic) bond motifs is 10. The van der Waals surface area contributed by atoms with Crippen molar-refractivity contribution in [3.05, 3.63) is 182 Å². The Balaban J connectivity index is 1.13. The van der Waals surface area contributed by atoms with Crippen LogP contribution in [-0.4, -0.2) is 0 Å². The molecule has 0 unspecified atom stereocenters. The van der Waals surface area contributed by atoms with Crippen molar-refractivity contribution >= 4 is 87.0 Å². The fourth-order valence-electron chi connectivity index (χ4n) is 8.92. The Labute approximate surface area is 310 Å². The maximum absolute atomic E-state index is 6.81. The van der Waals surface area contributed by atoms with E-state index >= 15 is 0 Å². The van der Waals surface area contributed by atoms with Crippen LogP contribution in [0.5, 0.6) is 0 Å². The molecule has 54 heavy (non-hydrogen) atoms. The fourth-order valence-corrected chi connectivity index (χ4v) is 8.92. The molecule has 12 aromatic rings. The van der Waals surface area contributed by atoms with Gasteiger partial charge in [0.05, 0.1) is 5.56 Å². The van der Waals surface area contributed by atoms with Gasteiger partial charge in [0, 0.05) is 27.1 Å². The van der Waals surface area contributed by atoms with Gasteiger partial charge in [0.25, 0.3) is 0 Å². The maximum Gasteiger partial charge on any atom is 0.147 e. The zero-order chi connectivity index (χ0) is 35.3. The third-order valence-corrected chi connectivity index (χ3v) is 11.4. The summed E-state index contributed by atoms with van der Waals surface area (Å²) in [5.41, 5.74) is 10.4. The van der Waals surface area contributed by atoms with E-state index in [0.717, 1.165) is 65.8 Å². The predicted molar refractivity (Wildman–Crippen MR) is 227 cm³/mol. The number of benzene rings is 10. The first kappa shape index (κ1) is 29.4. The van der Waals surface area contributed by atoms with Crippen LogP contribution < -0.4 is 0 Å². The molecular weight excluding hydrogens is 657 g/mol. The molecule has 0 aliphatic heterocycles. The zero-order valence-corrected chi connectivity index (χ0v) is 29.1. The molecule has 10 aromatic carbocycles. The second-order valence-corrected chi connectivity index (χ2v) is 14.4. The molecule has 0 aliphatic carbocycles. The summed E-state index contributed by atoms with van der Waals surface area (Å²) in [5, 5.41) is 14.0. The van der Waals surface area contributed by atoms with Gasteiger partial charge in [-0.15, -0.1) is 0 Å². The molecule has 0 saturated carbocycles. The minimum Gasteiger partial charge on any atom is -0.455 e. The SMILES string of the molecule is c1ccc2cc(-c3ccc4cc(-c5c6ccccc6c(-c6c7oc8ccccc8c7cc7c6oc6ccccc67)c6ccccc56)ccc4c3)ccc2c1. The van der Waals surface area contributed by atoms with Gasteiger partial charge < -0.3 is 8.83 Å². The molecule has 0 amide bonds. The van der Waals surface area contributed by atoms with Crippen LogP contribution >= 0.6 is 0 Å². The van der Waals surface area contributed by atoms with Crippen molar-refractivity contribution < 1.29 is 8.83 Å². The lowest BCUT2D eigenvalue weighted by Crippen LogP contribution is -1.92. The molecule has 0 fully saturated rings. The quantitative estimate of drug-likeness (QED) is 0.173. The first-order valence-electron chi connectivity index (χ1n) is 18.5. The molecule has 12 rings (SSSR count). The number of para-hydroxylation sites is 2. The van der Waals surface area contributed by atoms with E-state index in [1.54, 1.807) is 0 Å². The Bertz CT molecular complexity index is 3360. The highest BCUT2D eigenvalue weighted by atomic mass is 16.3. The monoisotopic (exact) mass is 686 g/mol. The van der Waals surface area contributed by atoms with Crippen molar-refractivity contribution in [1.82, 2.24) is 0 Å². The van der Waals surface area contributed by atoms with E-state index in [1.807, 2.05) is 12.1 Å². The Kier molecular flexibility index (Phi) is 6.09. The molecule has 2 heteroatoms. The van der Waals surface area contributed by atoms with E-state index in [4.69, 9.17) is 8.83 Å². The molecule has 0 radical (unpaired) electrons. The van der Waals surface area contributed by atoms with Crippen molar-refractivity contribution in [2.24, 2.45) is 0 Å². The Hall–Kier alpha value is -7.16. The van der Waals surface area contributed by atoms with Gasteiger partial charge in [0.15, 0.2) is 0 Å². The first-order chi connectivity index (χ1) is 26.8. The van der Waals surface area contributed by atoms with E-state index < -0.39 is 0 Å². The van der Waals surface area contributed by atoms with E-state index in [1.165, 1.54) is 54.6 Å². The van der Waals surface area contributed by atoms with Gasteiger partial charge in [0.2, 0.25) is 0 Å². The predicted octanol–water partition coefficient (Wildman–Crippen LogP) is 15.1. The van der Waals surface area contributed by atoms with Crippen LogP contribution in [0.3, 0.4) is 0 Å². The fraction of sp³-hybridized carbons (Fsp3) is 0. The summed E-state index contributed by atoms with van der Waals surface area (Å²) in [7, 11) is 0. The smallest absolute Gasteiger partial charge is 0.147 e. The summed E-state index contributed by atoms with van der Waals surface area (Å²) >= 11 is 0. The summed E-state index contributed by atoms with van der Waals surface area (Å²) in [6.07, 6.45) is 0. The lowest BCUT2D eigenvalue weighted by Gasteiger charge is -2.18. The van der Waals surface area contributed by atoms with Crippen molar-refractivity contribution in [1.29, 1.82) is 0 Å². The summed E-state index contributed by atoms with van der Waals surface area (Å²) < 4.78 is 13.6. The second kappa shape index (κ2) is 11.2. The van der Waals surface area contributed by atoms with Crippen LogP contribution in [-0.2, 0) is 0 Å². The Morgan fingerprint density at radius 1 is 0.241 bits per heavy atom. The highest BCUT2D eigenvalue weighted by molar-refractivity contribution is 6.29. The van der Waals surface area contributed by atoms with E-state index in [-0.39, 0.29) is 0 Å². The minimum absolute atomic E-state index is 0.846. The average molecular weight is 687 g/mol. The zero-order valence-electron chi connectivity index (χ0n) is 29.1. The Morgan fingerprint density at radius 3 is 1.19 bits per heavy atom.